The van der Waals surface area contributed by atoms with Gasteiger partial charge in [-0.15, -0.1) is 0 Å². The average molecular weight is 257 g/mol. The summed E-state index contributed by atoms with van der Waals surface area (Å²) in [7, 11) is 0. The van der Waals surface area contributed by atoms with Gasteiger partial charge in [0.1, 0.15) is 5.03 Å². The highest BCUT2D eigenvalue weighted by molar-refractivity contribution is 7.99. The molecule has 5 heteroatoms. The van der Waals surface area contributed by atoms with Gasteiger partial charge in [-0.3, -0.25) is 0 Å². The van der Waals surface area contributed by atoms with Crippen molar-refractivity contribution in [3.8, 4) is 11.8 Å². The minimum Gasteiger partial charge on any atom is -0.244 e. The summed E-state index contributed by atoms with van der Waals surface area (Å²) in [6.07, 6.45) is 0. The Morgan fingerprint density at radius 3 is 2.89 bits per heavy atom. The van der Waals surface area contributed by atoms with Crippen LogP contribution in [0.3, 0.4) is 0 Å². The van der Waals surface area contributed by atoms with Crippen molar-refractivity contribution in [3.05, 3.63) is 52.1 Å². The Hall–Kier alpha value is -2.06. The molecule has 0 aliphatic heterocycles. The molecule has 1 heterocycles. The van der Waals surface area contributed by atoms with E-state index in [-0.39, 0.29) is 0 Å². The van der Waals surface area contributed by atoms with Crippen molar-refractivity contribution in [3.63, 3.8) is 0 Å². The molecular formula is C13H11N3OS. The van der Waals surface area contributed by atoms with E-state index in [4.69, 9.17) is 0 Å². The molecule has 2 rings (SSSR count). The SMILES string of the molecule is Cc1n[nH]c(=O)nc1SCC#Cc1ccccc1. The molecule has 0 spiro atoms. The predicted molar refractivity (Wildman–Crippen MR) is 71.4 cm³/mol. The van der Waals surface area contributed by atoms with E-state index in [1.54, 1.807) is 6.92 Å². The van der Waals surface area contributed by atoms with E-state index in [0.29, 0.717) is 16.5 Å². The molecule has 1 aromatic carbocycles. The Balaban J connectivity index is 1.99. The lowest BCUT2D eigenvalue weighted by atomic mass is 10.2. The summed E-state index contributed by atoms with van der Waals surface area (Å²) in [6, 6.07) is 9.76. The maximum Gasteiger partial charge on any atom is 0.362 e. The van der Waals surface area contributed by atoms with Gasteiger partial charge in [-0.1, -0.05) is 41.8 Å². The second kappa shape index (κ2) is 6.03. The summed E-state index contributed by atoms with van der Waals surface area (Å²) >= 11 is 1.41. The normalized spacial score (nSPS) is 9.61. The van der Waals surface area contributed by atoms with Gasteiger partial charge in [0.2, 0.25) is 0 Å². The first-order chi connectivity index (χ1) is 8.75. The first-order valence-corrected chi connectivity index (χ1v) is 6.34. The first kappa shape index (κ1) is 12.4. The van der Waals surface area contributed by atoms with E-state index in [2.05, 4.69) is 27.0 Å². The van der Waals surface area contributed by atoms with Crippen LogP contribution in [0.5, 0.6) is 0 Å². The average Bonchev–Trinajstić information content (AvgIpc) is 2.40. The summed E-state index contributed by atoms with van der Waals surface area (Å²) in [5.41, 5.74) is 1.26. The predicted octanol–water partition coefficient (Wildman–Crippen LogP) is 1.62. The van der Waals surface area contributed by atoms with Gasteiger partial charge in [-0.25, -0.2) is 9.89 Å². The maximum atomic E-state index is 11.0. The number of thioether (sulfide) groups is 1. The first-order valence-electron chi connectivity index (χ1n) is 5.36. The number of nitrogens with zero attached hydrogens (tertiary/aromatic N) is 2. The van der Waals surface area contributed by atoms with Crippen LogP contribution >= 0.6 is 11.8 Å². The Labute approximate surface area is 109 Å². The molecule has 0 fully saturated rings. The lowest BCUT2D eigenvalue weighted by Crippen LogP contribution is -2.14. The van der Waals surface area contributed by atoms with Crippen LogP contribution in [0, 0.1) is 18.8 Å². The molecule has 0 unspecified atom stereocenters. The van der Waals surface area contributed by atoms with Gasteiger partial charge in [0, 0.05) is 5.56 Å². The largest absolute Gasteiger partial charge is 0.362 e. The van der Waals surface area contributed by atoms with E-state index >= 15 is 0 Å². The fourth-order valence-corrected chi connectivity index (χ4v) is 1.96. The van der Waals surface area contributed by atoms with Gasteiger partial charge in [0.25, 0.3) is 0 Å². The van der Waals surface area contributed by atoms with Crippen molar-refractivity contribution in [2.24, 2.45) is 0 Å². The number of aromatic nitrogens is 3. The Morgan fingerprint density at radius 2 is 2.11 bits per heavy atom. The molecule has 4 nitrogen and oxygen atoms in total. The molecular weight excluding hydrogens is 246 g/mol. The van der Waals surface area contributed by atoms with Gasteiger partial charge < -0.3 is 0 Å². The van der Waals surface area contributed by atoms with Gasteiger partial charge in [-0.05, 0) is 19.1 Å². The third-order valence-electron chi connectivity index (χ3n) is 2.12. The highest BCUT2D eigenvalue weighted by Crippen LogP contribution is 2.14. The summed E-state index contributed by atoms with van der Waals surface area (Å²) in [5.74, 6) is 6.65. The smallest absolute Gasteiger partial charge is 0.244 e. The molecule has 0 aliphatic carbocycles. The van der Waals surface area contributed by atoms with Crippen LogP contribution in [0.25, 0.3) is 0 Å². The zero-order chi connectivity index (χ0) is 12.8. The van der Waals surface area contributed by atoms with Gasteiger partial charge in [0.15, 0.2) is 0 Å². The van der Waals surface area contributed by atoms with E-state index in [0.717, 1.165) is 5.56 Å². The Bertz CT molecular complexity index is 641. The molecule has 90 valence electrons. The van der Waals surface area contributed by atoms with Crippen LogP contribution in [0.4, 0.5) is 0 Å². The van der Waals surface area contributed by atoms with Crippen molar-refractivity contribution in [1.29, 1.82) is 0 Å². The van der Waals surface area contributed by atoms with E-state index in [1.807, 2.05) is 30.3 Å². The van der Waals surface area contributed by atoms with Gasteiger partial charge in [-0.2, -0.15) is 10.1 Å². The van der Waals surface area contributed by atoms with Gasteiger partial charge >= 0.3 is 5.69 Å². The number of hydrogen-bond donors (Lipinski definition) is 1. The van der Waals surface area contributed by atoms with Crippen LogP contribution in [0.15, 0.2) is 40.2 Å². The van der Waals surface area contributed by atoms with Crippen LogP contribution in [-0.2, 0) is 0 Å². The number of rotatable bonds is 2. The van der Waals surface area contributed by atoms with Crippen LogP contribution in [-0.4, -0.2) is 20.9 Å². The molecule has 1 aromatic heterocycles. The highest BCUT2D eigenvalue weighted by atomic mass is 32.2. The highest BCUT2D eigenvalue weighted by Gasteiger charge is 2.01. The molecule has 0 aliphatic rings. The van der Waals surface area contributed by atoms with Crippen LogP contribution in [0.2, 0.25) is 0 Å². The molecule has 0 radical (unpaired) electrons. The van der Waals surface area contributed by atoms with Crippen molar-refractivity contribution in [2.75, 3.05) is 5.75 Å². The minimum atomic E-state index is -0.431. The molecule has 0 atom stereocenters. The summed E-state index contributed by atoms with van der Waals surface area (Å²) < 4.78 is 0. The number of benzene rings is 1. The quantitative estimate of drug-likeness (QED) is 0.656. The lowest BCUT2D eigenvalue weighted by Gasteiger charge is -1.97. The van der Waals surface area contributed by atoms with E-state index in [9.17, 15) is 4.79 Å². The third kappa shape index (κ3) is 3.47. The van der Waals surface area contributed by atoms with E-state index in [1.165, 1.54) is 11.8 Å². The number of nitrogens with one attached hydrogen (secondary N) is 1. The van der Waals surface area contributed by atoms with E-state index < -0.39 is 5.69 Å². The standard InChI is InChI=1S/C13H11N3OS/c1-10-12(14-13(17)16-15-10)18-9-5-8-11-6-3-2-4-7-11/h2-4,6-7H,9H2,1H3,(H,14,16,17). The number of aromatic amines is 1. The Kier molecular flexibility index (Phi) is 4.15. The summed E-state index contributed by atoms with van der Waals surface area (Å²) in [4.78, 5) is 14.9. The third-order valence-corrected chi connectivity index (χ3v) is 3.07. The molecule has 0 saturated heterocycles. The fraction of sp³-hybridized carbons (Fsp3) is 0.154. The van der Waals surface area contributed by atoms with Crippen molar-refractivity contribution < 1.29 is 0 Å². The van der Waals surface area contributed by atoms with Crippen molar-refractivity contribution in [2.45, 2.75) is 11.9 Å². The molecule has 18 heavy (non-hydrogen) atoms. The molecule has 0 bridgehead atoms. The maximum absolute atomic E-state index is 11.0. The molecule has 0 amide bonds. The number of aryl methyl sites for hydroxylation is 1. The van der Waals surface area contributed by atoms with Crippen LogP contribution in [0.1, 0.15) is 11.3 Å². The summed E-state index contributed by atoms with van der Waals surface area (Å²) in [5, 5.41) is 6.76. The molecule has 0 saturated carbocycles. The zero-order valence-electron chi connectivity index (χ0n) is 9.80. The Morgan fingerprint density at radius 1 is 1.33 bits per heavy atom. The van der Waals surface area contributed by atoms with Crippen molar-refractivity contribution >= 4 is 11.8 Å². The topological polar surface area (TPSA) is 58.6 Å². The lowest BCUT2D eigenvalue weighted by molar-refractivity contribution is 0.815. The number of H-pyrrole nitrogens is 1. The van der Waals surface area contributed by atoms with Crippen molar-refractivity contribution in [1.82, 2.24) is 15.2 Å². The van der Waals surface area contributed by atoms with Gasteiger partial charge in [0.05, 0.1) is 11.4 Å². The summed E-state index contributed by atoms with van der Waals surface area (Å²) in [6.45, 7) is 1.80. The molecule has 1 N–H and O–H groups in total. The fourth-order valence-electron chi connectivity index (χ4n) is 1.28. The second-order valence-corrected chi connectivity index (χ2v) is 4.45. The number of hydrogen-bond acceptors (Lipinski definition) is 4. The van der Waals surface area contributed by atoms with Crippen LogP contribution < -0.4 is 5.69 Å². The minimum absolute atomic E-state index is 0.431. The zero-order valence-corrected chi connectivity index (χ0v) is 10.6. The molecule has 2 aromatic rings. The second-order valence-electron chi connectivity index (χ2n) is 3.49. The monoisotopic (exact) mass is 257 g/mol.